The summed E-state index contributed by atoms with van der Waals surface area (Å²) in [6.07, 6.45) is 3.67. The molecule has 9 heteroatoms. The number of hydrogen-bond acceptors (Lipinski definition) is 6. The van der Waals surface area contributed by atoms with Crippen LogP contribution in [0.15, 0.2) is 59.7 Å². The summed E-state index contributed by atoms with van der Waals surface area (Å²) in [5, 5.41) is 18.8. The minimum atomic E-state index is -0.521. The van der Waals surface area contributed by atoms with Gasteiger partial charge in [-0.1, -0.05) is 25.5 Å². The fourth-order valence-electron chi connectivity index (χ4n) is 2.89. The van der Waals surface area contributed by atoms with Crippen LogP contribution in [0.3, 0.4) is 0 Å². The van der Waals surface area contributed by atoms with Crippen LogP contribution in [-0.4, -0.2) is 33.4 Å². The molecular weight excluding hydrogens is 410 g/mol. The van der Waals surface area contributed by atoms with Crippen LogP contribution in [-0.2, 0) is 6.54 Å². The van der Waals surface area contributed by atoms with E-state index in [0.29, 0.717) is 24.4 Å². The number of benzene rings is 2. The molecule has 0 atom stereocenters. The van der Waals surface area contributed by atoms with Crippen molar-refractivity contribution in [3.63, 3.8) is 0 Å². The molecule has 0 unspecified atom stereocenters. The number of rotatable bonds is 10. The van der Waals surface area contributed by atoms with Crippen molar-refractivity contribution in [3.05, 3.63) is 87.1 Å². The lowest BCUT2D eigenvalue weighted by Crippen LogP contribution is -2.17. The minimum absolute atomic E-state index is 0.185. The topological polar surface area (TPSA) is 112 Å². The van der Waals surface area contributed by atoms with Crippen LogP contribution in [0.1, 0.15) is 46.9 Å². The predicted octanol–water partition coefficient (Wildman–Crippen LogP) is 4.09. The summed E-state index contributed by atoms with van der Waals surface area (Å²) in [7, 11) is 0. The first-order valence-corrected chi connectivity index (χ1v) is 10.3. The zero-order valence-electron chi connectivity index (χ0n) is 18.0. The quantitative estimate of drug-likeness (QED) is 0.223. The van der Waals surface area contributed by atoms with Gasteiger partial charge in [0.1, 0.15) is 5.75 Å². The SMILES string of the molecule is CCCCOc1ccc(/C=N\NC(=O)c2ccc(Cn3nc([N+](=O)[O-])cc3C)cc2)cc1. The average molecular weight is 435 g/mol. The number of ether oxygens (including phenoxy) is 1. The molecule has 9 nitrogen and oxygen atoms in total. The molecule has 0 aliphatic heterocycles. The Labute approximate surface area is 185 Å². The maximum Gasteiger partial charge on any atom is 0.390 e. The standard InChI is InChI=1S/C23H25N5O4/c1-3-4-13-32-21-11-7-18(8-12-21)15-24-25-23(29)20-9-5-19(6-10-20)16-27-17(2)14-22(26-27)28(30)31/h5-12,14-15H,3-4,13,16H2,1-2H3,(H,25,29)/b24-15-. The summed E-state index contributed by atoms with van der Waals surface area (Å²) in [6, 6.07) is 15.8. The molecule has 166 valence electrons. The third kappa shape index (κ3) is 6.24. The molecule has 0 fully saturated rings. The second-order valence-electron chi connectivity index (χ2n) is 7.23. The molecule has 0 saturated carbocycles. The van der Waals surface area contributed by atoms with E-state index in [1.807, 2.05) is 24.3 Å². The fourth-order valence-corrected chi connectivity index (χ4v) is 2.89. The Balaban J connectivity index is 1.53. The van der Waals surface area contributed by atoms with Crippen molar-refractivity contribution in [2.24, 2.45) is 5.10 Å². The molecule has 0 saturated heterocycles. The predicted molar refractivity (Wildman–Crippen MR) is 121 cm³/mol. The number of unbranched alkanes of at least 4 members (excludes halogenated alkanes) is 1. The van der Waals surface area contributed by atoms with Gasteiger partial charge in [0, 0.05) is 5.56 Å². The second kappa shape index (κ2) is 10.9. The zero-order valence-corrected chi connectivity index (χ0v) is 18.0. The van der Waals surface area contributed by atoms with E-state index >= 15 is 0 Å². The number of nitrogens with one attached hydrogen (secondary N) is 1. The highest BCUT2D eigenvalue weighted by molar-refractivity contribution is 5.94. The molecule has 0 aliphatic rings. The van der Waals surface area contributed by atoms with E-state index in [2.05, 4.69) is 22.5 Å². The number of amides is 1. The highest BCUT2D eigenvalue weighted by Gasteiger charge is 2.15. The van der Waals surface area contributed by atoms with Crippen molar-refractivity contribution < 1.29 is 14.5 Å². The lowest BCUT2D eigenvalue weighted by molar-refractivity contribution is -0.389. The van der Waals surface area contributed by atoms with E-state index in [-0.39, 0.29) is 11.7 Å². The maximum atomic E-state index is 12.3. The molecule has 1 N–H and O–H groups in total. The summed E-state index contributed by atoms with van der Waals surface area (Å²) < 4.78 is 7.17. The van der Waals surface area contributed by atoms with Gasteiger partial charge in [0.2, 0.25) is 0 Å². The van der Waals surface area contributed by atoms with Crippen LogP contribution in [0.25, 0.3) is 0 Å². The van der Waals surface area contributed by atoms with E-state index in [9.17, 15) is 14.9 Å². The van der Waals surface area contributed by atoms with Crippen LogP contribution in [0.4, 0.5) is 5.82 Å². The van der Waals surface area contributed by atoms with Gasteiger partial charge in [-0.25, -0.2) is 5.43 Å². The van der Waals surface area contributed by atoms with Gasteiger partial charge < -0.3 is 14.9 Å². The summed E-state index contributed by atoms with van der Waals surface area (Å²) in [4.78, 5) is 22.6. The molecule has 0 radical (unpaired) electrons. The molecular formula is C23H25N5O4. The number of hydrazone groups is 1. The molecule has 0 bridgehead atoms. The van der Waals surface area contributed by atoms with Gasteiger partial charge in [0.25, 0.3) is 5.91 Å². The second-order valence-corrected chi connectivity index (χ2v) is 7.23. The number of aromatic nitrogens is 2. The van der Waals surface area contributed by atoms with Crippen LogP contribution < -0.4 is 10.2 Å². The first-order chi connectivity index (χ1) is 15.5. The number of nitrogens with zero attached hydrogens (tertiary/aromatic N) is 4. The van der Waals surface area contributed by atoms with Gasteiger partial charge in [0.05, 0.1) is 36.2 Å². The van der Waals surface area contributed by atoms with Crippen LogP contribution >= 0.6 is 0 Å². The molecule has 3 aromatic rings. The Morgan fingerprint density at radius 1 is 1.22 bits per heavy atom. The summed E-state index contributed by atoms with van der Waals surface area (Å²) in [5.74, 6) is 0.285. The monoisotopic (exact) mass is 435 g/mol. The number of carbonyl (C=O) groups is 1. The van der Waals surface area contributed by atoms with Gasteiger partial charge >= 0.3 is 5.82 Å². The van der Waals surface area contributed by atoms with Gasteiger partial charge in [-0.3, -0.25) is 4.79 Å². The van der Waals surface area contributed by atoms with Crippen molar-refractivity contribution in [2.75, 3.05) is 6.61 Å². The molecule has 0 spiro atoms. The van der Waals surface area contributed by atoms with Gasteiger partial charge in [-0.05, 0) is 65.8 Å². The third-order valence-corrected chi connectivity index (χ3v) is 4.73. The molecule has 3 rings (SSSR count). The van der Waals surface area contributed by atoms with E-state index < -0.39 is 4.92 Å². The number of aryl methyl sites for hydroxylation is 1. The number of hydrogen-bond donors (Lipinski definition) is 1. The van der Waals surface area contributed by atoms with E-state index in [0.717, 1.165) is 29.7 Å². The van der Waals surface area contributed by atoms with Gasteiger partial charge in [0.15, 0.2) is 0 Å². The molecule has 1 aromatic heterocycles. The first kappa shape index (κ1) is 22.7. The van der Waals surface area contributed by atoms with E-state index in [1.165, 1.54) is 6.07 Å². The smallest absolute Gasteiger partial charge is 0.390 e. The fraction of sp³-hybridized carbons (Fsp3) is 0.261. The summed E-state index contributed by atoms with van der Waals surface area (Å²) in [5.41, 5.74) is 5.35. The average Bonchev–Trinajstić information content (AvgIpc) is 3.16. The van der Waals surface area contributed by atoms with Crippen molar-refractivity contribution in [1.29, 1.82) is 0 Å². The lowest BCUT2D eigenvalue weighted by Gasteiger charge is -2.05. The van der Waals surface area contributed by atoms with Crippen molar-refractivity contribution in [1.82, 2.24) is 15.2 Å². The highest BCUT2D eigenvalue weighted by Crippen LogP contribution is 2.14. The third-order valence-electron chi connectivity index (χ3n) is 4.73. The maximum absolute atomic E-state index is 12.3. The van der Waals surface area contributed by atoms with Crippen LogP contribution in [0.2, 0.25) is 0 Å². The summed E-state index contributed by atoms with van der Waals surface area (Å²) >= 11 is 0. The van der Waals surface area contributed by atoms with Gasteiger partial charge in [-0.15, -0.1) is 0 Å². The Morgan fingerprint density at radius 3 is 2.56 bits per heavy atom. The molecule has 1 heterocycles. The van der Waals surface area contributed by atoms with Gasteiger partial charge in [-0.2, -0.15) is 9.78 Å². The zero-order chi connectivity index (χ0) is 22.9. The minimum Gasteiger partial charge on any atom is -0.494 e. The van der Waals surface area contributed by atoms with Crippen molar-refractivity contribution in [3.8, 4) is 5.75 Å². The normalized spacial score (nSPS) is 10.9. The lowest BCUT2D eigenvalue weighted by atomic mass is 10.1. The molecule has 2 aromatic carbocycles. The Kier molecular flexibility index (Phi) is 7.69. The number of nitro groups is 1. The highest BCUT2D eigenvalue weighted by atomic mass is 16.6. The van der Waals surface area contributed by atoms with Crippen LogP contribution in [0, 0.1) is 17.0 Å². The van der Waals surface area contributed by atoms with E-state index in [1.54, 1.807) is 42.1 Å². The van der Waals surface area contributed by atoms with Crippen LogP contribution in [0.5, 0.6) is 5.75 Å². The molecule has 0 aliphatic carbocycles. The largest absolute Gasteiger partial charge is 0.494 e. The number of carbonyl (C=O) groups excluding carboxylic acids is 1. The Bertz CT molecular complexity index is 1090. The molecule has 1 amide bonds. The first-order valence-electron chi connectivity index (χ1n) is 10.3. The Morgan fingerprint density at radius 2 is 1.94 bits per heavy atom. The molecule has 32 heavy (non-hydrogen) atoms. The van der Waals surface area contributed by atoms with E-state index in [4.69, 9.17) is 4.74 Å². The van der Waals surface area contributed by atoms with Crippen molar-refractivity contribution >= 4 is 17.9 Å². The Hall–Kier alpha value is -4.01. The van der Waals surface area contributed by atoms with Crippen molar-refractivity contribution in [2.45, 2.75) is 33.2 Å². The summed E-state index contributed by atoms with van der Waals surface area (Å²) in [6.45, 7) is 4.94.